The zero-order chi connectivity index (χ0) is 21.2. The third-order valence-electron chi connectivity index (χ3n) is 6.22. The fourth-order valence-corrected chi connectivity index (χ4v) is 4.44. The summed E-state index contributed by atoms with van der Waals surface area (Å²) in [7, 11) is 1.67. The molecule has 0 N–H and O–H groups in total. The molecule has 0 saturated carbocycles. The molecule has 3 rings (SSSR count). The molecule has 0 aromatic heterocycles. The molecule has 164 valence electrons. The van der Waals surface area contributed by atoms with Crippen molar-refractivity contribution in [1.29, 1.82) is 0 Å². The number of piperidine rings is 1. The van der Waals surface area contributed by atoms with Gasteiger partial charge in [-0.25, -0.2) is 4.39 Å². The molecule has 0 bridgehead atoms. The molecule has 2 unspecified atom stereocenters. The number of likely N-dealkylation sites (tertiary alicyclic amines) is 1. The molecular formula is C26H36FNO2. The van der Waals surface area contributed by atoms with E-state index in [1.54, 1.807) is 19.2 Å². The summed E-state index contributed by atoms with van der Waals surface area (Å²) in [5.74, 6) is 2.32. The van der Waals surface area contributed by atoms with Crippen LogP contribution in [0.2, 0.25) is 0 Å². The Hall–Kier alpha value is -2.07. The van der Waals surface area contributed by atoms with E-state index in [0.717, 1.165) is 31.0 Å². The van der Waals surface area contributed by atoms with E-state index in [-0.39, 0.29) is 5.82 Å². The Kier molecular flexibility index (Phi) is 9.00. The van der Waals surface area contributed by atoms with Gasteiger partial charge in [0.25, 0.3) is 0 Å². The van der Waals surface area contributed by atoms with Gasteiger partial charge in [-0.2, -0.15) is 0 Å². The van der Waals surface area contributed by atoms with Gasteiger partial charge in [-0.1, -0.05) is 44.7 Å². The summed E-state index contributed by atoms with van der Waals surface area (Å²) in [6.07, 6.45) is 7.65. The monoisotopic (exact) mass is 413 g/mol. The van der Waals surface area contributed by atoms with Crippen molar-refractivity contribution in [1.82, 2.24) is 4.90 Å². The number of methoxy groups -OCH3 is 1. The van der Waals surface area contributed by atoms with Gasteiger partial charge in [0.05, 0.1) is 13.7 Å². The summed E-state index contributed by atoms with van der Waals surface area (Å²) < 4.78 is 24.8. The highest BCUT2D eigenvalue weighted by Crippen LogP contribution is 2.34. The van der Waals surface area contributed by atoms with Crippen molar-refractivity contribution in [2.45, 2.75) is 51.4 Å². The predicted molar refractivity (Wildman–Crippen MR) is 121 cm³/mol. The predicted octanol–water partition coefficient (Wildman–Crippen LogP) is 6.29. The minimum absolute atomic E-state index is 0.172. The van der Waals surface area contributed by atoms with E-state index in [1.807, 2.05) is 36.4 Å². The van der Waals surface area contributed by atoms with Gasteiger partial charge in [0.1, 0.15) is 17.3 Å². The Bertz CT molecular complexity index is 732. The van der Waals surface area contributed by atoms with Crippen molar-refractivity contribution in [3.63, 3.8) is 0 Å². The molecule has 2 aromatic carbocycles. The number of halogens is 1. The molecule has 4 heteroatoms. The number of hydrogen-bond acceptors (Lipinski definition) is 3. The fourth-order valence-electron chi connectivity index (χ4n) is 4.44. The highest BCUT2D eigenvalue weighted by molar-refractivity contribution is 5.31. The smallest absolute Gasteiger partial charge is 0.123 e. The Morgan fingerprint density at radius 3 is 2.33 bits per heavy atom. The second-order valence-corrected chi connectivity index (χ2v) is 8.41. The lowest BCUT2D eigenvalue weighted by Crippen LogP contribution is -2.42. The van der Waals surface area contributed by atoms with E-state index in [9.17, 15) is 4.39 Å². The molecular weight excluding hydrogens is 377 g/mol. The van der Waals surface area contributed by atoms with E-state index in [0.29, 0.717) is 18.4 Å². The van der Waals surface area contributed by atoms with E-state index in [2.05, 4.69) is 11.8 Å². The van der Waals surface area contributed by atoms with Crippen molar-refractivity contribution >= 4 is 0 Å². The quantitative estimate of drug-likeness (QED) is 0.404. The molecule has 1 saturated heterocycles. The molecule has 1 fully saturated rings. The molecule has 0 amide bonds. The van der Waals surface area contributed by atoms with Gasteiger partial charge in [0.15, 0.2) is 0 Å². The van der Waals surface area contributed by atoms with Crippen LogP contribution in [0.1, 0.15) is 56.9 Å². The summed E-state index contributed by atoms with van der Waals surface area (Å²) in [5, 5.41) is 0. The van der Waals surface area contributed by atoms with Gasteiger partial charge in [-0.05, 0) is 73.8 Å². The minimum atomic E-state index is -0.172. The van der Waals surface area contributed by atoms with Crippen LogP contribution in [0, 0.1) is 11.7 Å². The number of rotatable bonds is 11. The van der Waals surface area contributed by atoms with Gasteiger partial charge in [-0.3, -0.25) is 0 Å². The molecule has 3 nitrogen and oxygen atoms in total. The van der Waals surface area contributed by atoms with Gasteiger partial charge < -0.3 is 14.4 Å². The molecule has 2 atom stereocenters. The summed E-state index contributed by atoms with van der Waals surface area (Å²) in [6.45, 7) is 6.23. The molecule has 0 radical (unpaired) electrons. The van der Waals surface area contributed by atoms with Gasteiger partial charge in [0, 0.05) is 12.5 Å². The van der Waals surface area contributed by atoms with Gasteiger partial charge >= 0.3 is 0 Å². The van der Waals surface area contributed by atoms with Crippen LogP contribution in [0.15, 0.2) is 48.5 Å². The lowest BCUT2D eigenvalue weighted by molar-refractivity contribution is 0.109. The maximum absolute atomic E-state index is 13.4. The first-order valence-corrected chi connectivity index (χ1v) is 11.4. The first kappa shape index (κ1) is 22.6. The molecule has 30 heavy (non-hydrogen) atoms. The van der Waals surface area contributed by atoms with Crippen LogP contribution in [0.25, 0.3) is 0 Å². The highest BCUT2D eigenvalue weighted by atomic mass is 19.1. The number of nitrogens with zero attached hydrogens (tertiary/aromatic N) is 1. The highest BCUT2D eigenvalue weighted by Gasteiger charge is 2.30. The topological polar surface area (TPSA) is 21.7 Å². The van der Waals surface area contributed by atoms with Crippen LogP contribution >= 0.6 is 0 Å². The zero-order valence-electron chi connectivity index (χ0n) is 18.5. The second kappa shape index (κ2) is 11.9. The fraction of sp³-hybridized carbons (Fsp3) is 0.538. The average Bonchev–Trinajstić information content (AvgIpc) is 2.78. The van der Waals surface area contributed by atoms with Crippen LogP contribution < -0.4 is 9.47 Å². The number of unbranched alkanes of at least 4 members (excludes halogenated alkanes) is 4. The third kappa shape index (κ3) is 6.73. The van der Waals surface area contributed by atoms with E-state index >= 15 is 0 Å². The lowest BCUT2D eigenvalue weighted by Gasteiger charge is -2.39. The van der Waals surface area contributed by atoms with Crippen LogP contribution in [0.4, 0.5) is 4.39 Å². The SMILES string of the molecule is CCCCCCCN1CCC(c2ccc(F)cc2)C(COc2ccc(OC)cc2)C1. The summed E-state index contributed by atoms with van der Waals surface area (Å²) in [6, 6.07) is 14.8. The summed E-state index contributed by atoms with van der Waals surface area (Å²) >= 11 is 0. The molecule has 0 spiro atoms. The maximum Gasteiger partial charge on any atom is 0.123 e. The van der Waals surface area contributed by atoms with Crippen molar-refractivity contribution in [2.75, 3.05) is 33.4 Å². The number of benzene rings is 2. The van der Waals surface area contributed by atoms with E-state index in [1.165, 1.54) is 44.2 Å². The normalized spacial score (nSPS) is 19.6. The van der Waals surface area contributed by atoms with Crippen molar-refractivity contribution in [3.8, 4) is 11.5 Å². The molecule has 1 aliphatic rings. The van der Waals surface area contributed by atoms with Crippen molar-refractivity contribution in [2.24, 2.45) is 5.92 Å². The Morgan fingerprint density at radius 1 is 0.933 bits per heavy atom. The minimum Gasteiger partial charge on any atom is -0.497 e. The number of ether oxygens (including phenoxy) is 2. The zero-order valence-corrected chi connectivity index (χ0v) is 18.5. The van der Waals surface area contributed by atoms with E-state index < -0.39 is 0 Å². The average molecular weight is 414 g/mol. The van der Waals surface area contributed by atoms with Crippen molar-refractivity contribution in [3.05, 3.63) is 59.9 Å². The Morgan fingerprint density at radius 2 is 1.63 bits per heavy atom. The standard InChI is InChI=1S/C26H36FNO2/c1-3-4-5-6-7-17-28-18-16-26(21-8-10-23(27)11-9-21)22(19-28)20-30-25-14-12-24(29-2)13-15-25/h8-15,22,26H,3-7,16-20H2,1-2H3. The maximum atomic E-state index is 13.4. The first-order chi connectivity index (χ1) is 14.7. The summed E-state index contributed by atoms with van der Waals surface area (Å²) in [4.78, 5) is 2.59. The third-order valence-corrected chi connectivity index (χ3v) is 6.22. The largest absolute Gasteiger partial charge is 0.497 e. The second-order valence-electron chi connectivity index (χ2n) is 8.41. The number of hydrogen-bond donors (Lipinski definition) is 0. The summed E-state index contributed by atoms with van der Waals surface area (Å²) in [5.41, 5.74) is 1.22. The van der Waals surface area contributed by atoms with Crippen LogP contribution in [0.5, 0.6) is 11.5 Å². The van der Waals surface area contributed by atoms with Gasteiger partial charge in [-0.15, -0.1) is 0 Å². The van der Waals surface area contributed by atoms with Crippen molar-refractivity contribution < 1.29 is 13.9 Å². The van der Waals surface area contributed by atoms with Crippen LogP contribution in [-0.4, -0.2) is 38.3 Å². The molecule has 0 aliphatic carbocycles. The van der Waals surface area contributed by atoms with Crippen LogP contribution in [-0.2, 0) is 0 Å². The molecule has 2 aromatic rings. The Balaban J connectivity index is 1.61. The van der Waals surface area contributed by atoms with Crippen LogP contribution in [0.3, 0.4) is 0 Å². The first-order valence-electron chi connectivity index (χ1n) is 11.4. The van der Waals surface area contributed by atoms with Gasteiger partial charge in [0.2, 0.25) is 0 Å². The van der Waals surface area contributed by atoms with E-state index in [4.69, 9.17) is 9.47 Å². The Labute approximate surface area is 181 Å². The molecule has 1 heterocycles. The molecule has 1 aliphatic heterocycles. The lowest BCUT2D eigenvalue weighted by atomic mass is 9.80.